The third kappa shape index (κ3) is 2.36. The highest BCUT2D eigenvalue weighted by atomic mass is 16.4. The van der Waals surface area contributed by atoms with Gasteiger partial charge < -0.3 is 19.8 Å². The Balaban J connectivity index is 2.40. The zero-order chi connectivity index (χ0) is 10.6. The number of rotatable bonds is 1. The average Bonchev–Trinajstić information content (AvgIpc) is 2.18. The molecule has 1 saturated heterocycles. The van der Waals surface area contributed by atoms with E-state index >= 15 is 0 Å². The van der Waals surface area contributed by atoms with Crippen molar-refractivity contribution in [2.24, 2.45) is 0 Å². The molecule has 2 amide bonds. The second-order valence-electron chi connectivity index (χ2n) is 2.97. The lowest BCUT2D eigenvalue weighted by atomic mass is 10.3. The number of hydrogen-bond acceptors (Lipinski definition) is 2. The van der Waals surface area contributed by atoms with E-state index in [2.05, 4.69) is 4.85 Å². The number of amides is 2. The second kappa shape index (κ2) is 4.46. The molecule has 1 aliphatic rings. The highest BCUT2D eigenvalue weighted by molar-refractivity contribution is 5.80. The van der Waals surface area contributed by atoms with Gasteiger partial charge in [-0.1, -0.05) is 0 Å². The molecule has 6 heteroatoms. The number of carbonyl (C=O) groups is 2. The largest absolute Gasteiger partial charge is 0.465 e. The molecule has 1 N–H and O–H groups in total. The predicted molar refractivity (Wildman–Crippen MR) is 47.6 cm³/mol. The smallest absolute Gasteiger partial charge is 0.407 e. The third-order valence-electron chi connectivity index (χ3n) is 2.12. The summed E-state index contributed by atoms with van der Waals surface area (Å²) in [6.45, 7) is 7.83. The van der Waals surface area contributed by atoms with Crippen LogP contribution in [0.4, 0.5) is 4.79 Å². The molecular formula is C8H11N3O3. The van der Waals surface area contributed by atoms with Crippen LogP contribution in [0.25, 0.3) is 4.85 Å². The van der Waals surface area contributed by atoms with Crippen LogP contribution in [0.5, 0.6) is 0 Å². The van der Waals surface area contributed by atoms with Gasteiger partial charge in [-0.25, -0.2) is 11.4 Å². The van der Waals surface area contributed by atoms with E-state index in [1.165, 1.54) is 9.80 Å². The monoisotopic (exact) mass is 197 g/mol. The summed E-state index contributed by atoms with van der Waals surface area (Å²) in [5.74, 6) is -0.218. The summed E-state index contributed by atoms with van der Waals surface area (Å²) in [5.41, 5.74) is 0. The van der Waals surface area contributed by atoms with Crippen LogP contribution in [0.2, 0.25) is 0 Å². The Labute approximate surface area is 81.5 Å². The van der Waals surface area contributed by atoms with Crippen LogP contribution in [-0.2, 0) is 4.79 Å². The molecule has 1 fully saturated rings. The summed E-state index contributed by atoms with van der Waals surface area (Å²) in [6, 6.07) is 0. The standard InChI is InChI=1S/C8H11N3O3/c1-9-6-7(12)10-2-4-11(5-3-10)8(13)14/h2-6H2,(H,13,14). The summed E-state index contributed by atoms with van der Waals surface area (Å²) in [7, 11) is 0. The highest BCUT2D eigenvalue weighted by Gasteiger charge is 2.24. The first-order chi connectivity index (χ1) is 6.65. The molecule has 0 saturated carbocycles. The van der Waals surface area contributed by atoms with Crippen molar-refractivity contribution in [3.8, 4) is 0 Å². The van der Waals surface area contributed by atoms with Gasteiger partial charge in [0.25, 0.3) is 6.54 Å². The summed E-state index contributed by atoms with van der Waals surface area (Å²) in [4.78, 5) is 27.5. The topological polar surface area (TPSA) is 65.2 Å². The number of carboxylic acid groups (broad SMARTS) is 1. The minimum absolute atomic E-state index is 0.146. The SMILES string of the molecule is [C-]#[N+]CC(=O)N1CCN(C(=O)O)CC1. The molecule has 0 bridgehead atoms. The normalized spacial score (nSPS) is 16.2. The fourth-order valence-corrected chi connectivity index (χ4v) is 1.31. The molecule has 0 aromatic heterocycles. The van der Waals surface area contributed by atoms with Gasteiger partial charge in [-0.15, -0.1) is 0 Å². The minimum atomic E-state index is -0.956. The van der Waals surface area contributed by atoms with Gasteiger partial charge in [-0.05, 0) is 0 Å². The first-order valence-electron chi connectivity index (χ1n) is 4.24. The maximum Gasteiger partial charge on any atom is 0.407 e. The van der Waals surface area contributed by atoms with Crippen LogP contribution in [-0.4, -0.2) is 59.6 Å². The van der Waals surface area contributed by atoms with Crippen LogP contribution in [0, 0.1) is 6.57 Å². The molecule has 6 nitrogen and oxygen atoms in total. The fraction of sp³-hybridized carbons (Fsp3) is 0.625. The summed E-state index contributed by atoms with van der Waals surface area (Å²) in [5, 5.41) is 8.64. The predicted octanol–water partition coefficient (Wildman–Crippen LogP) is -0.272. The van der Waals surface area contributed by atoms with Gasteiger partial charge in [0.1, 0.15) is 0 Å². The van der Waals surface area contributed by atoms with Crippen molar-refractivity contribution in [1.82, 2.24) is 9.80 Å². The molecule has 0 aromatic carbocycles. The van der Waals surface area contributed by atoms with E-state index in [4.69, 9.17) is 11.7 Å². The van der Waals surface area contributed by atoms with Crippen molar-refractivity contribution < 1.29 is 14.7 Å². The molecule has 0 unspecified atom stereocenters. The Morgan fingerprint density at radius 2 is 1.71 bits per heavy atom. The molecule has 0 atom stereocenters. The van der Waals surface area contributed by atoms with Gasteiger partial charge >= 0.3 is 12.0 Å². The van der Waals surface area contributed by atoms with Gasteiger partial charge in [0.2, 0.25) is 0 Å². The third-order valence-corrected chi connectivity index (χ3v) is 2.12. The Morgan fingerprint density at radius 1 is 1.21 bits per heavy atom. The van der Waals surface area contributed by atoms with Gasteiger partial charge in [0.15, 0.2) is 0 Å². The van der Waals surface area contributed by atoms with Gasteiger partial charge in [0, 0.05) is 26.2 Å². The number of nitrogens with zero attached hydrogens (tertiary/aromatic N) is 3. The Morgan fingerprint density at radius 3 is 2.14 bits per heavy atom. The molecular weight excluding hydrogens is 186 g/mol. The molecule has 0 radical (unpaired) electrons. The van der Waals surface area contributed by atoms with Crippen LogP contribution in [0.15, 0.2) is 0 Å². The first-order valence-corrected chi connectivity index (χ1v) is 4.24. The van der Waals surface area contributed by atoms with E-state index in [9.17, 15) is 9.59 Å². The van der Waals surface area contributed by atoms with Crippen molar-refractivity contribution in [2.75, 3.05) is 32.7 Å². The van der Waals surface area contributed by atoms with Crippen molar-refractivity contribution >= 4 is 12.0 Å². The number of piperazine rings is 1. The van der Waals surface area contributed by atoms with Crippen molar-refractivity contribution in [1.29, 1.82) is 0 Å². The number of hydrogen-bond donors (Lipinski definition) is 1. The quantitative estimate of drug-likeness (QED) is 0.588. The first kappa shape index (κ1) is 10.3. The molecule has 1 rings (SSSR count). The summed E-state index contributed by atoms with van der Waals surface area (Å²) >= 11 is 0. The van der Waals surface area contributed by atoms with Crippen molar-refractivity contribution in [2.45, 2.75) is 0 Å². The van der Waals surface area contributed by atoms with Crippen LogP contribution in [0.3, 0.4) is 0 Å². The van der Waals surface area contributed by atoms with E-state index in [0.29, 0.717) is 26.2 Å². The second-order valence-corrected chi connectivity index (χ2v) is 2.97. The molecule has 1 heterocycles. The maximum atomic E-state index is 11.2. The maximum absolute atomic E-state index is 11.2. The van der Waals surface area contributed by atoms with Crippen LogP contribution < -0.4 is 0 Å². The van der Waals surface area contributed by atoms with Crippen LogP contribution >= 0.6 is 0 Å². The molecule has 1 aliphatic heterocycles. The van der Waals surface area contributed by atoms with E-state index in [1.54, 1.807) is 0 Å². The molecule has 0 spiro atoms. The summed E-state index contributed by atoms with van der Waals surface area (Å²) < 4.78 is 0. The molecule has 0 aliphatic carbocycles. The average molecular weight is 197 g/mol. The number of carbonyl (C=O) groups excluding carboxylic acids is 1. The highest BCUT2D eigenvalue weighted by Crippen LogP contribution is 2.02. The van der Waals surface area contributed by atoms with Gasteiger partial charge in [0.05, 0.1) is 0 Å². The lowest BCUT2D eigenvalue weighted by Crippen LogP contribution is -2.50. The van der Waals surface area contributed by atoms with Crippen molar-refractivity contribution in [3.63, 3.8) is 0 Å². The Hall–Kier alpha value is -1.77. The minimum Gasteiger partial charge on any atom is -0.465 e. The Bertz CT molecular complexity index is 276. The zero-order valence-electron chi connectivity index (χ0n) is 7.64. The van der Waals surface area contributed by atoms with Crippen molar-refractivity contribution in [3.05, 3.63) is 11.4 Å². The zero-order valence-corrected chi connectivity index (χ0v) is 7.64. The van der Waals surface area contributed by atoms with Gasteiger partial charge in [-0.2, -0.15) is 0 Å². The lowest BCUT2D eigenvalue weighted by Gasteiger charge is -2.31. The van der Waals surface area contributed by atoms with E-state index < -0.39 is 6.09 Å². The lowest BCUT2D eigenvalue weighted by molar-refractivity contribution is -0.130. The van der Waals surface area contributed by atoms with Gasteiger partial charge in [-0.3, -0.25) is 4.79 Å². The molecule has 14 heavy (non-hydrogen) atoms. The molecule has 0 aromatic rings. The summed E-state index contributed by atoms with van der Waals surface area (Å²) in [6.07, 6.45) is -0.956. The van der Waals surface area contributed by atoms with E-state index in [1.807, 2.05) is 0 Å². The Kier molecular flexibility index (Phi) is 3.29. The van der Waals surface area contributed by atoms with E-state index in [0.717, 1.165) is 0 Å². The molecule has 76 valence electrons. The van der Waals surface area contributed by atoms with Crippen LogP contribution in [0.1, 0.15) is 0 Å². The van der Waals surface area contributed by atoms with E-state index in [-0.39, 0.29) is 12.5 Å². The fourth-order valence-electron chi connectivity index (χ4n) is 1.31.